The largest absolute Gasteiger partial charge is 0.308 e. The van der Waals surface area contributed by atoms with Gasteiger partial charge in [-0.1, -0.05) is 45.0 Å². The molecule has 0 saturated carbocycles. The summed E-state index contributed by atoms with van der Waals surface area (Å²) in [6, 6.07) is 11.7. The molecule has 0 radical (unpaired) electrons. The van der Waals surface area contributed by atoms with Crippen LogP contribution in [-0.4, -0.2) is 10.9 Å². The van der Waals surface area contributed by atoms with Gasteiger partial charge in [-0.05, 0) is 35.6 Å². The number of aldehydes is 1. The summed E-state index contributed by atoms with van der Waals surface area (Å²) in [6.45, 7) is 6.94. The second kappa shape index (κ2) is 6.53. The average Bonchev–Trinajstić information content (AvgIpc) is 2.49. The van der Waals surface area contributed by atoms with Crippen molar-refractivity contribution in [3.8, 4) is 11.3 Å². The maximum absolute atomic E-state index is 12.3. The molecule has 2 rings (SSSR count). The second-order valence-electron chi connectivity index (χ2n) is 5.53. The van der Waals surface area contributed by atoms with Crippen molar-refractivity contribution in [2.24, 2.45) is 0 Å². The zero-order chi connectivity index (χ0) is 15.4. The summed E-state index contributed by atoms with van der Waals surface area (Å²) in [7, 11) is 0. The first-order chi connectivity index (χ1) is 10.1. The quantitative estimate of drug-likeness (QED) is 0.782. The van der Waals surface area contributed by atoms with Crippen molar-refractivity contribution in [1.82, 2.24) is 4.57 Å². The summed E-state index contributed by atoms with van der Waals surface area (Å²) in [6.07, 6.45) is 1.47. The highest BCUT2D eigenvalue weighted by atomic mass is 16.1. The minimum atomic E-state index is -0.211. The highest BCUT2D eigenvalue weighted by Crippen LogP contribution is 2.22. The number of pyridine rings is 1. The predicted octanol–water partition coefficient (Wildman–Crippen LogP) is 3.86. The van der Waals surface area contributed by atoms with E-state index in [4.69, 9.17) is 0 Å². The normalized spacial score (nSPS) is 10.9. The Balaban J connectivity index is 2.54. The van der Waals surface area contributed by atoms with E-state index in [1.54, 1.807) is 10.6 Å². The SMILES string of the molecule is CCCn1c(-c2ccc(C(C)C)cc2)ccc(C=O)c1=O. The standard InChI is InChI=1S/C18H21NO2/c1-4-11-19-17(10-9-16(12-20)18(19)21)15-7-5-14(6-8-15)13(2)3/h5-10,12-13H,4,11H2,1-3H3. The lowest BCUT2D eigenvalue weighted by atomic mass is 10.0. The van der Waals surface area contributed by atoms with Gasteiger partial charge in [0, 0.05) is 6.54 Å². The van der Waals surface area contributed by atoms with E-state index < -0.39 is 0 Å². The van der Waals surface area contributed by atoms with Crippen LogP contribution < -0.4 is 5.56 Å². The molecule has 2 aromatic rings. The predicted molar refractivity (Wildman–Crippen MR) is 85.9 cm³/mol. The van der Waals surface area contributed by atoms with Crippen LogP contribution in [-0.2, 0) is 6.54 Å². The molecule has 1 aromatic carbocycles. The third kappa shape index (κ3) is 3.13. The molecule has 110 valence electrons. The summed E-state index contributed by atoms with van der Waals surface area (Å²) in [4.78, 5) is 23.2. The van der Waals surface area contributed by atoms with E-state index in [2.05, 4.69) is 26.0 Å². The maximum Gasteiger partial charge on any atom is 0.261 e. The molecule has 1 aromatic heterocycles. The summed E-state index contributed by atoms with van der Waals surface area (Å²) in [5.41, 5.74) is 3.14. The van der Waals surface area contributed by atoms with E-state index in [1.165, 1.54) is 5.56 Å². The van der Waals surface area contributed by atoms with Crippen LogP contribution in [0.2, 0.25) is 0 Å². The molecule has 0 aliphatic rings. The number of hydrogen-bond acceptors (Lipinski definition) is 2. The van der Waals surface area contributed by atoms with Crippen molar-refractivity contribution in [1.29, 1.82) is 0 Å². The maximum atomic E-state index is 12.3. The van der Waals surface area contributed by atoms with Crippen molar-refractivity contribution in [2.45, 2.75) is 39.7 Å². The van der Waals surface area contributed by atoms with Crippen molar-refractivity contribution >= 4 is 6.29 Å². The number of carbonyl (C=O) groups is 1. The number of carbonyl (C=O) groups excluding carboxylic acids is 1. The summed E-state index contributed by atoms with van der Waals surface area (Å²) < 4.78 is 1.69. The molecule has 1 heterocycles. The minimum Gasteiger partial charge on any atom is -0.308 e. The molecule has 0 saturated heterocycles. The third-order valence-electron chi connectivity index (χ3n) is 3.65. The molecular formula is C18H21NO2. The van der Waals surface area contributed by atoms with E-state index in [0.717, 1.165) is 17.7 Å². The van der Waals surface area contributed by atoms with E-state index in [-0.39, 0.29) is 11.1 Å². The molecule has 3 heteroatoms. The van der Waals surface area contributed by atoms with Gasteiger partial charge in [-0.15, -0.1) is 0 Å². The van der Waals surface area contributed by atoms with E-state index in [1.807, 2.05) is 25.1 Å². The van der Waals surface area contributed by atoms with Crippen LogP contribution in [0.25, 0.3) is 11.3 Å². The zero-order valence-electron chi connectivity index (χ0n) is 12.8. The molecule has 0 aliphatic carbocycles. The number of rotatable bonds is 5. The molecule has 0 N–H and O–H groups in total. The van der Waals surface area contributed by atoms with Crippen molar-refractivity contribution in [3.05, 3.63) is 57.9 Å². The number of nitrogens with zero attached hydrogens (tertiary/aromatic N) is 1. The zero-order valence-corrected chi connectivity index (χ0v) is 12.8. The fraction of sp³-hybridized carbons (Fsp3) is 0.333. The van der Waals surface area contributed by atoms with E-state index >= 15 is 0 Å². The second-order valence-corrected chi connectivity index (χ2v) is 5.53. The Morgan fingerprint density at radius 3 is 2.29 bits per heavy atom. The topological polar surface area (TPSA) is 39.1 Å². The third-order valence-corrected chi connectivity index (χ3v) is 3.65. The van der Waals surface area contributed by atoms with Crippen LogP contribution in [0.15, 0.2) is 41.2 Å². The Hall–Kier alpha value is -2.16. The van der Waals surface area contributed by atoms with Gasteiger partial charge in [0.2, 0.25) is 0 Å². The average molecular weight is 283 g/mol. The Kier molecular flexibility index (Phi) is 4.73. The van der Waals surface area contributed by atoms with Gasteiger partial charge in [0.25, 0.3) is 5.56 Å². The molecule has 0 bridgehead atoms. The Morgan fingerprint density at radius 1 is 1.10 bits per heavy atom. The lowest BCUT2D eigenvalue weighted by molar-refractivity contribution is 0.112. The molecule has 0 unspecified atom stereocenters. The van der Waals surface area contributed by atoms with Crippen LogP contribution in [0, 0.1) is 0 Å². The molecule has 3 nitrogen and oxygen atoms in total. The van der Waals surface area contributed by atoms with Gasteiger partial charge in [-0.2, -0.15) is 0 Å². The minimum absolute atomic E-state index is 0.211. The van der Waals surface area contributed by atoms with Gasteiger partial charge >= 0.3 is 0 Å². The Morgan fingerprint density at radius 2 is 1.76 bits per heavy atom. The molecule has 0 fully saturated rings. The van der Waals surface area contributed by atoms with Crippen LogP contribution >= 0.6 is 0 Å². The van der Waals surface area contributed by atoms with Crippen molar-refractivity contribution in [2.75, 3.05) is 0 Å². The van der Waals surface area contributed by atoms with Crippen LogP contribution in [0.1, 0.15) is 49.0 Å². The molecule has 0 spiro atoms. The summed E-state index contributed by atoms with van der Waals surface area (Å²) in [5, 5.41) is 0. The fourth-order valence-corrected chi connectivity index (χ4v) is 2.42. The highest BCUT2D eigenvalue weighted by Gasteiger charge is 2.10. The highest BCUT2D eigenvalue weighted by molar-refractivity contribution is 5.75. The summed E-state index contributed by atoms with van der Waals surface area (Å²) >= 11 is 0. The smallest absolute Gasteiger partial charge is 0.261 e. The number of aromatic nitrogens is 1. The van der Waals surface area contributed by atoms with E-state index in [0.29, 0.717) is 18.7 Å². The van der Waals surface area contributed by atoms with Gasteiger partial charge < -0.3 is 4.57 Å². The van der Waals surface area contributed by atoms with Crippen LogP contribution in [0.3, 0.4) is 0 Å². The first-order valence-corrected chi connectivity index (χ1v) is 7.37. The van der Waals surface area contributed by atoms with Gasteiger partial charge in [0.15, 0.2) is 6.29 Å². The lowest BCUT2D eigenvalue weighted by Crippen LogP contribution is -2.24. The van der Waals surface area contributed by atoms with Crippen molar-refractivity contribution < 1.29 is 4.79 Å². The monoisotopic (exact) mass is 283 g/mol. The number of hydrogen-bond donors (Lipinski definition) is 0. The molecular weight excluding hydrogens is 262 g/mol. The first-order valence-electron chi connectivity index (χ1n) is 7.37. The molecule has 0 atom stereocenters. The Labute approximate surface area is 125 Å². The first kappa shape index (κ1) is 15.2. The number of benzene rings is 1. The molecule has 0 amide bonds. The Bertz CT molecular complexity index is 681. The van der Waals surface area contributed by atoms with Crippen LogP contribution in [0.4, 0.5) is 0 Å². The van der Waals surface area contributed by atoms with Crippen molar-refractivity contribution in [3.63, 3.8) is 0 Å². The molecule has 0 aliphatic heterocycles. The van der Waals surface area contributed by atoms with Gasteiger partial charge in [0.05, 0.1) is 11.3 Å². The van der Waals surface area contributed by atoms with E-state index in [9.17, 15) is 9.59 Å². The van der Waals surface area contributed by atoms with Gasteiger partial charge in [-0.3, -0.25) is 9.59 Å². The lowest BCUT2D eigenvalue weighted by Gasteiger charge is -2.14. The fourth-order valence-electron chi connectivity index (χ4n) is 2.42. The summed E-state index contributed by atoms with van der Waals surface area (Å²) in [5.74, 6) is 0.481. The van der Waals surface area contributed by atoms with Gasteiger partial charge in [-0.25, -0.2) is 0 Å². The van der Waals surface area contributed by atoms with Crippen LogP contribution in [0.5, 0.6) is 0 Å². The van der Waals surface area contributed by atoms with Gasteiger partial charge in [0.1, 0.15) is 0 Å². The molecule has 21 heavy (non-hydrogen) atoms.